The van der Waals surface area contributed by atoms with Gasteiger partial charge in [-0.25, -0.2) is 4.98 Å². The minimum absolute atomic E-state index is 0.478. The van der Waals surface area contributed by atoms with Crippen molar-refractivity contribution in [1.29, 1.82) is 5.26 Å². The molecule has 2 heterocycles. The Kier molecular flexibility index (Phi) is 2.78. The summed E-state index contributed by atoms with van der Waals surface area (Å²) in [5.41, 5.74) is 1.97. The third-order valence-corrected chi connectivity index (χ3v) is 3.24. The average Bonchev–Trinajstić information content (AvgIpc) is 3.07. The Balaban J connectivity index is 1.99. The Hall–Kier alpha value is -2.59. The molecule has 0 unspecified atom stereocenters. The van der Waals surface area contributed by atoms with E-state index in [4.69, 9.17) is 5.26 Å². The number of aromatic nitrogens is 5. The number of nitrogens with zero attached hydrogens (tertiary/aromatic N) is 6. The minimum atomic E-state index is 0.478. The molecule has 0 aliphatic heterocycles. The molecule has 2 aromatic heterocycles. The molecule has 0 bridgehead atoms. The van der Waals surface area contributed by atoms with E-state index in [1.807, 2.05) is 18.4 Å². The van der Waals surface area contributed by atoms with Crippen molar-refractivity contribution in [2.45, 2.75) is 6.92 Å². The number of aryl methyl sites for hydroxylation is 1. The molecule has 92 valence electrons. The highest BCUT2D eigenvalue weighted by atomic mass is 32.1. The van der Waals surface area contributed by atoms with Crippen molar-refractivity contribution in [2.24, 2.45) is 0 Å². The molecule has 7 heteroatoms. The number of tetrazole rings is 1. The number of thiazole rings is 1. The van der Waals surface area contributed by atoms with E-state index in [2.05, 4.69) is 26.5 Å². The molecule has 0 saturated carbocycles. The van der Waals surface area contributed by atoms with Crippen LogP contribution in [0.4, 0.5) is 0 Å². The second-order valence-electron chi connectivity index (χ2n) is 3.82. The van der Waals surface area contributed by atoms with Crippen molar-refractivity contribution in [2.75, 3.05) is 0 Å². The predicted octanol–water partition coefficient (Wildman–Crippen LogP) is 1.97. The minimum Gasteiger partial charge on any atom is -0.238 e. The van der Waals surface area contributed by atoms with Gasteiger partial charge >= 0.3 is 0 Å². The fraction of sp³-hybridized carbons (Fsp3) is 0.0833. The highest BCUT2D eigenvalue weighted by Gasteiger charge is 2.10. The summed E-state index contributed by atoms with van der Waals surface area (Å²) < 4.78 is 0. The second kappa shape index (κ2) is 4.59. The molecule has 1 aromatic carbocycles. The molecule has 3 aromatic rings. The summed E-state index contributed by atoms with van der Waals surface area (Å²) >= 11 is 1.54. The van der Waals surface area contributed by atoms with Crippen LogP contribution in [0.2, 0.25) is 0 Å². The zero-order valence-corrected chi connectivity index (χ0v) is 10.8. The van der Waals surface area contributed by atoms with Gasteiger partial charge in [-0.05, 0) is 30.3 Å². The Labute approximate surface area is 113 Å². The Morgan fingerprint density at radius 3 is 3.00 bits per heavy atom. The van der Waals surface area contributed by atoms with Gasteiger partial charge in [0.05, 0.1) is 22.3 Å². The molecule has 0 N–H and O–H groups in total. The Morgan fingerprint density at radius 1 is 1.37 bits per heavy atom. The van der Waals surface area contributed by atoms with Crippen LogP contribution in [-0.4, -0.2) is 25.2 Å². The molecule has 0 amide bonds. The molecule has 0 aliphatic carbocycles. The van der Waals surface area contributed by atoms with Crippen LogP contribution in [0.3, 0.4) is 0 Å². The monoisotopic (exact) mass is 268 g/mol. The summed E-state index contributed by atoms with van der Waals surface area (Å²) in [4.78, 5) is 5.70. The van der Waals surface area contributed by atoms with Gasteiger partial charge in [0, 0.05) is 5.38 Å². The molecule has 3 rings (SSSR count). The molecule has 19 heavy (non-hydrogen) atoms. The van der Waals surface area contributed by atoms with E-state index < -0.39 is 0 Å². The highest BCUT2D eigenvalue weighted by molar-refractivity contribution is 7.09. The van der Waals surface area contributed by atoms with E-state index in [0.717, 1.165) is 5.01 Å². The summed E-state index contributed by atoms with van der Waals surface area (Å²) in [5, 5.41) is 23.9. The van der Waals surface area contributed by atoms with Crippen LogP contribution in [0.1, 0.15) is 10.6 Å². The van der Waals surface area contributed by atoms with Crippen molar-refractivity contribution < 1.29 is 0 Å². The average molecular weight is 268 g/mol. The third kappa shape index (κ3) is 2.21. The summed E-state index contributed by atoms with van der Waals surface area (Å²) in [6.07, 6.45) is 0. The van der Waals surface area contributed by atoms with Gasteiger partial charge in [0.25, 0.3) is 0 Å². The van der Waals surface area contributed by atoms with Crippen molar-refractivity contribution >= 4 is 11.3 Å². The molecule has 0 aliphatic rings. The van der Waals surface area contributed by atoms with Gasteiger partial charge in [0.1, 0.15) is 5.69 Å². The molecule has 6 nitrogen and oxygen atoms in total. The summed E-state index contributed by atoms with van der Waals surface area (Å²) in [6.45, 7) is 1.93. The quantitative estimate of drug-likeness (QED) is 0.709. The standard InChI is InChI=1S/C12H8N6S/c1-8-14-11(7-19-8)12-15-17-18(16-12)10-4-2-3-9(5-10)6-13/h2-5,7H,1H3. The smallest absolute Gasteiger partial charge is 0.224 e. The van der Waals surface area contributed by atoms with E-state index in [0.29, 0.717) is 22.8 Å². The van der Waals surface area contributed by atoms with Crippen molar-refractivity contribution in [3.8, 4) is 23.3 Å². The number of nitriles is 1. The first-order chi connectivity index (χ1) is 9.26. The highest BCUT2D eigenvalue weighted by Crippen LogP contribution is 2.17. The van der Waals surface area contributed by atoms with Crippen LogP contribution in [0.5, 0.6) is 0 Å². The van der Waals surface area contributed by atoms with Crippen molar-refractivity contribution in [1.82, 2.24) is 25.2 Å². The Bertz CT molecular complexity index is 766. The van der Waals surface area contributed by atoms with Gasteiger partial charge in [-0.3, -0.25) is 0 Å². The topological polar surface area (TPSA) is 80.3 Å². The fourth-order valence-corrected chi connectivity index (χ4v) is 2.18. The maximum atomic E-state index is 8.87. The van der Waals surface area contributed by atoms with Crippen LogP contribution >= 0.6 is 11.3 Å². The zero-order chi connectivity index (χ0) is 13.2. The molecule has 0 radical (unpaired) electrons. The van der Waals surface area contributed by atoms with Gasteiger partial charge in [0.15, 0.2) is 0 Å². The molecule has 0 fully saturated rings. The zero-order valence-electron chi connectivity index (χ0n) is 9.98. The lowest BCUT2D eigenvalue weighted by Crippen LogP contribution is -1.99. The summed E-state index contributed by atoms with van der Waals surface area (Å²) in [7, 11) is 0. The number of hydrogen-bond acceptors (Lipinski definition) is 6. The predicted molar refractivity (Wildman–Crippen MR) is 69.7 cm³/mol. The van der Waals surface area contributed by atoms with Gasteiger partial charge in [-0.1, -0.05) is 6.07 Å². The molecule has 0 saturated heterocycles. The summed E-state index contributed by atoms with van der Waals surface area (Å²) in [5.74, 6) is 0.478. The van der Waals surface area contributed by atoms with E-state index in [-0.39, 0.29) is 0 Å². The Morgan fingerprint density at radius 2 is 2.26 bits per heavy atom. The van der Waals surface area contributed by atoms with Gasteiger partial charge in [-0.2, -0.15) is 5.26 Å². The largest absolute Gasteiger partial charge is 0.238 e. The van der Waals surface area contributed by atoms with Crippen LogP contribution < -0.4 is 0 Å². The third-order valence-electron chi connectivity index (χ3n) is 2.47. The van der Waals surface area contributed by atoms with Crippen LogP contribution in [0, 0.1) is 18.3 Å². The maximum absolute atomic E-state index is 8.87. The molecular formula is C12H8N6S. The second-order valence-corrected chi connectivity index (χ2v) is 4.88. The summed E-state index contributed by atoms with van der Waals surface area (Å²) in [6, 6.07) is 9.11. The maximum Gasteiger partial charge on any atom is 0.224 e. The van der Waals surface area contributed by atoms with E-state index in [1.54, 1.807) is 18.2 Å². The van der Waals surface area contributed by atoms with E-state index in [9.17, 15) is 0 Å². The van der Waals surface area contributed by atoms with Crippen molar-refractivity contribution in [3.63, 3.8) is 0 Å². The molecular weight excluding hydrogens is 260 g/mol. The van der Waals surface area contributed by atoms with Crippen molar-refractivity contribution in [3.05, 3.63) is 40.2 Å². The fourth-order valence-electron chi connectivity index (χ4n) is 1.59. The first-order valence-electron chi connectivity index (χ1n) is 5.49. The first kappa shape index (κ1) is 11.5. The van der Waals surface area contributed by atoms with Crippen LogP contribution in [0.15, 0.2) is 29.6 Å². The SMILES string of the molecule is Cc1nc(-c2nnn(-c3cccc(C#N)c3)n2)cs1. The number of rotatable bonds is 2. The molecule has 0 atom stereocenters. The van der Waals surface area contributed by atoms with Gasteiger partial charge < -0.3 is 0 Å². The van der Waals surface area contributed by atoms with Gasteiger partial charge in [-0.15, -0.1) is 26.3 Å². The number of benzene rings is 1. The van der Waals surface area contributed by atoms with Crippen LogP contribution in [0.25, 0.3) is 17.2 Å². The van der Waals surface area contributed by atoms with Crippen LogP contribution in [-0.2, 0) is 0 Å². The lowest BCUT2D eigenvalue weighted by atomic mass is 10.2. The lowest BCUT2D eigenvalue weighted by Gasteiger charge is -1.97. The first-order valence-corrected chi connectivity index (χ1v) is 6.37. The normalized spacial score (nSPS) is 10.3. The van der Waals surface area contributed by atoms with E-state index >= 15 is 0 Å². The lowest BCUT2D eigenvalue weighted by molar-refractivity contribution is 0.720. The molecule has 0 spiro atoms. The number of hydrogen-bond donors (Lipinski definition) is 0. The van der Waals surface area contributed by atoms with Gasteiger partial charge in [0.2, 0.25) is 5.82 Å². The van der Waals surface area contributed by atoms with E-state index in [1.165, 1.54) is 16.1 Å².